The second-order valence-corrected chi connectivity index (χ2v) is 11.3. The van der Waals surface area contributed by atoms with Gasteiger partial charge in [-0.05, 0) is 50.7 Å². The first-order valence-corrected chi connectivity index (χ1v) is 16.0. The molecule has 9 nitrogen and oxygen atoms in total. The summed E-state index contributed by atoms with van der Waals surface area (Å²) in [5.41, 5.74) is 6.43. The first-order chi connectivity index (χ1) is 24.2. The molecule has 0 fully saturated rings. The number of esters is 1. The summed E-state index contributed by atoms with van der Waals surface area (Å²) >= 11 is 0. The van der Waals surface area contributed by atoms with Crippen molar-refractivity contribution in [2.45, 2.75) is 19.0 Å². The molecule has 5 aromatic carbocycles. The number of carbonyl (C=O) groups is 1. The van der Waals surface area contributed by atoms with Crippen molar-refractivity contribution in [3.63, 3.8) is 0 Å². The van der Waals surface area contributed by atoms with E-state index >= 15 is 0 Å². The molecule has 49 heavy (non-hydrogen) atoms. The third-order valence-electron chi connectivity index (χ3n) is 8.46. The first-order valence-electron chi connectivity index (χ1n) is 16.0. The van der Waals surface area contributed by atoms with Gasteiger partial charge in [-0.25, -0.2) is 19.4 Å². The molecule has 0 saturated heterocycles. The maximum absolute atomic E-state index is 12.4. The van der Waals surface area contributed by atoms with E-state index in [1.807, 2.05) is 71.4 Å². The fourth-order valence-corrected chi connectivity index (χ4v) is 6.23. The number of ether oxygens (including phenoxy) is 1. The summed E-state index contributed by atoms with van der Waals surface area (Å²) in [7, 11) is 0. The number of benzene rings is 5. The molecule has 2 heterocycles. The van der Waals surface area contributed by atoms with E-state index in [0.717, 1.165) is 38.9 Å². The van der Waals surface area contributed by atoms with Gasteiger partial charge in [0.15, 0.2) is 5.82 Å². The zero-order valence-electron chi connectivity index (χ0n) is 26.8. The minimum absolute atomic E-state index is 0.272. The van der Waals surface area contributed by atoms with Crippen molar-refractivity contribution >= 4 is 11.8 Å². The van der Waals surface area contributed by atoms with E-state index in [1.54, 1.807) is 6.92 Å². The van der Waals surface area contributed by atoms with Gasteiger partial charge in [0.05, 0.1) is 6.61 Å². The van der Waals surface area contributed by atoms with Crippen molar-refractivity contribution in [3.8, 4) is 22.5 Å². The van der Waals surface area contributed by atoms with Crippen LogP contribution in [0.4, 0.5) is 5.82 Å². The molecule has 0 radical (unpaired) electrons. The summed E-state index contributed by atoms with van der Waals surface area (Å²) in [5.74, 6) is 0.595. The lowest BCUT2D eigenvalue weighted by Gasteiger charge is -2.36. The molecule has 7 rings (SSSR count). The number of nitrogens with one attached hydrogen (secondary N) is 1. The van der Waals surface area contributed by atoms with Crippen molar-refractivity contribution < 1.29 is 9.53 Å². The minimum atomic E-state index is -0.866. The summed E-state index contributed by atoms with van der Waals surface area (Å²) in [4.78, 5) is 20.6. The Labute approximate surface area is 284 Å². The molecular formula is C40H33N7O2. The predicted octanol–water partition coefficient (Wildman–Crippen LogP) is 7.43. The lowest BCUT2D eigenvalue weighted by molar-refractivity contribution is 0.0526. The van der Waals surface area contributed by atoms with Crippen molar-refractivity contribution in [3.05, 3.63) is 180 Å². The molecule has 0 saturated carbocycles. The molecule has 0 aliphatic heterocycles. The van der Waals surface area contributed by atoms with Gasteiger partial charge in [0.1, 0.15) is 23.2 Å². The van der Waals surface area contributed by atoms with Gasteiger partial charge in [-0.3, -0.25) is 0 Å². The Bertz CT molecular complexity index is 2060. The summed E-state index contributed by atoms with van der Waals surface area (Å²) in [6, 6.07) is 47.5. The van der Waals surface area contributed by atoms with Gasteiger partial charge in [0.25, 0.3) is 0 Å². The van der Waals surface area contributed by atoms with Gasteiger partial charge in [-0.15, -0.1) is 5.10 Å². The molecule has 1 N–H and O–H groups in total. The van der Waals surface area contributed by atoms with Crippen LogP contribution in [0.5, 0.6) is 0 Å². The maximum atomic E-state index is 12.4. The smallest absolute Gasteiger partial charge is 0.343 e. The fraction of sp³-hybridized carbons (Fsp3) is 0.100. The number of hydrogen-bond acceptors (Lipinski definition) is 8. The molecule has 0 bridgehead atoms. The van der Waals surface area contributed by atoms with Crippen LogP contribution < -0.4 is 5.32 Å². The third kappa shape index (κ3) is 6.05. The summed E-state index contributed by atoms with van der Waals surface area (Å²) in [5, 5.41) is 16.9. The van der Waals surface area contributed by atoms with Crippen molar-refractivity contribution in [2.75, 3.05) is 11.9 Å². The van der Waals surface area contributed by atoms with E-state index in [2.05, 4.69) is 98.4 Å². The van der Waals surface area contributed by atoms with Gasteiger partial charge in [-0.2, -0.15) is 0 Å². The van der Waals surface area contributed by atoms with Crippen molar-refractivity contribution in [1.29, 1.82) is 0 Å². The molecule has 2 aromatic heterocycles. The van der Waals surface area contributed by atoms with Crippen LogP contribution in [0.2, 0.25) is 0 Å². The minimum Gasteiger partial charge on any atom is -0.462 e. The average molecular weight is 644 g/mol. The Balaban J connectivity index is 1.28. The Morgan fingerprint density at radius 1 is 0.735 bits per heavy atom. The zero-order chi connectivity index (χ0) is 33.5. The SMILES string of the molecule is CCOC(=O)c1cncnc1NCc1ccc(-c2ccccc2-c2nnnn2C(c2ccccc2)(c2ccccc2)c2ccccc2)cc1. The number of anilines is 1. The van der Waals surface area contributed by atoms with Crippen molar-refractivity contribution in [2.24, 2.45) is 0 Å². The van der Waals surface area contributed by atoms with E-state index in [9.17, 15) is 4.79 Å². The highest BCUT2D eigenvalue weighted by Gasteiger charge is 2.42. The van der Waals surface area contributed by atoms with Gasteiger partial charge in [0, 0.05) is 18.3 Å². The molecule has 0 unspecified atom stereocenters. The summed E-state index contributed by atoms with van der Waals surface area (Å²) in [6.07, 6.45) is 2.86. The van der Waals surface area contributed by atoms with Crippen LogP contribution in [-0.4, -0.2) is 42.8 Å². The van der Waals surface area contributed by atoms with E-state index < -0.39 is 11.5 Å². The van der Waals surface area contributed by atoms with Crippen LogP contribution >= 0.6 is 0 Å². The number of tetrazole rings is 1. The lowest BCUT2D eigenvalue weighted by Crippen LogP contribution is -2.39. The molecular weight excluding hydrogens is 610 g/mol. The monoisotopic (exact) mass is 643 g/mol. The summed E-state index contributed by atoms with van der Waals surface area (Å²) < 4.78 is 7.11. The molecule has 0 amide bonds. The fourth-order valence-electron chi connectivity index (χ4n) is 6.23. The van der Waals surface area contributed by atoms with Crippen LogP contribution in [0.25, 0.3) is 22.5 Å². The topological polar surface area (TPSA) is 108 Å². The lowest BCUT2D eigenvalue weighted by atomic mass is 9.77. The van der Waals surface area contributed by atoms with E-state index in [1.165, 1.54) is 12.5 Å². The molecule has 240 valence electrons. The predicted molar refractivity (Wildman–Crippen MR) is 189 cm³/mol. The molecule has 0 atom stereocenters. The first kappa shape index (κ1) is 31.1. The Hall–Kier alpha value is -6.48. The Morgan fingerprint density at radius 3 is 1.90 bits per heavy atom. The summed E-state index contributed by atoms with van der Waals surface area (Å²) in [6.45, 7) is 2.49. The normalized spacial score (nSPS) is 11.2. The van der Waals surface area contributed by atoms with E-state index in [0.29, 0.717) is 23.8 Å². The van der Waals surface area contributed by atoms with Crippen LogP contribution in [0, 0.1) is 0 Å². The van der Waals surface area contributed by atoms with Crippen LogP contribution in [0.1, 0.15) is 39.5 Å². The number of carbonyl (C=O) groups excluding carboxylic acids is 1. The number of aromatic nitrogens is 6. The van der Waals surface area contributed by atoms with Crippen LogP contribution in [0.15, 0.2) is 152 Å². The van der Waals surface area contributed by atoms with Gasteiger partial charge < -0.3 is 10.1 Å². The Morgan fingerprint density at radius 2 is 1.31 bits per heavy atom. The highest BCUT2D eigenvalue weighted by atomic mass is 16.5. The van der Waals surface area contributed by atoms with Gasteiger partial charge >= 0.3 is 5.97 Å². The molecule has 0 spiro atoms. The quantitative estimate of drug-likeness (QED) is 0.115. The highest BCUT2D eigenvalue weighted by molar-refractivity contribution is 5.94. The zero-order valence-corrected chi connectivity index (χ0v) is 26.8. The van der Waals surface area contributed by atoms with Gasteiger partial charge in [-0.1, -0.05) is 140 Å². The standard InChI is InChI=1S/C40H33N7O2/c1-2-49-39(48)36-27-41-28-43-37(36)42-26-29-22-24-30(25-23-29)34-20-12-13-21-35(34)38-44-45-46-47(38)40(31-14-6-3-7-15-31,32-16-8-4-9-17-32)33-18-10-5-11-19-33/h3-25,27-28H,2,26H2,1H3,(H,41,42,43). The van der Waals surface area contributed by atoms with E-state index in [4.69, 9.17) is 9.95 Å². The maximum Gasteiger partial charge on any atom is 0.343 e. The van der Waals surface area contributed by atoms with Crippen molar-refractivity contribution in [1.82, 2.24) is 30.2 Å². The largest absolute Gasteiger partial charge is 0.462 e. The molecule has 0 aliphatic carbocycles. The second-order valence-electron chi connectivity index (χ2n) is 11.3. The Kier molecular flexibility index (Phi) is 8.96. The average Bonchev–Trinajstić information content (AvgIpc) is 3.66. The molecule has 9 heteroatoms. The second kappa shape index (κ2) is 14.1. The molecule has 0 aliphatic rings. The van der Waals surface area contributed by atoms with Gasteiger partial charge in [0.2, 0.25) is 0 Å². The third-order valence-corrected chi connectivity index (χ3v) is 8.46. The van der Waals surface area contributed by atoms with Crippen LogP contribution in [-0.2, 0) is 16.8 Å². The van der Waals surface area contributed by atoms with E-state index in [-0.39, 0.29) is 6.61 Å². The number of rotatable bonds is 11. The molecule has 7 aromatic rings. The highest BCUT2D eigenvalue weighted by Crippen LogP contribution is 2.43. The van der Waals surface area contributed by atoms with Crippen LogP contribution in [0.3, 0.4) is 0 Å². The number of hydrogen-bond donors (Lipinski definition) is 1. The number of nitrogens with zero attached hydrogens (tertiary/aromatic N) is 6.